The van der Waals surface area contributed by atoms with E-state index in [1.54, 1.807) is 11.3 Å². The number of hydrogen-bond donors (Lipinski definition) is 0. The van der Waals surface area contributed by atoms with Crippen LogP contribution in [0.3, 0.4) is 0 Å². The van der Waals surface area contributed by atoms with Gasteiger partial charge in [0.05, 0.1) is 10.2 Å². The lowest BCUT2D eigenvalue weighted by atomic mass is 9.97. The van der Waals surface area contributed by atoms with Gasteiger partial charge in [0, 0.05) is 42.8 Å². The average molecular weight is 687 g/mol. The molecule has 2 heterocycles. The van der Waals surface area contributed by atoms with Gasteiger partial charge < -0.3 is 4.90 Å². The monoisotopic (exact) mass is 686 g/mol. The zero-order valence-corrected chi connectivity index (χ0v) is 29.2. The quantitative estimate of drug-likeness (QED) is 0.173. The predicted molar refractivity (Wildman–Crippen MR) is 221 cm³/mol. The van der Waals surface area contributed by atoms with Crippen molar-refractivity contribution < 1.29 is 0 Å². The van der Waals surface area contributed by atoms with Gasteiger partial charge in [-0.25, -0.2) is 4.98 Å². The third kappa shape index (κ3) is 5.28. The molecule has 51 heavy (non-hydrogen) atoms. The lowest BCUT2D eigenvalue weighted by Gasteiger charge is -2.26. The van der Waals surface area contributed by atoms with E-state index in [-0.39, 0.29) is 0 Å². The first-order valence-electron chi connectivity index (χ1n) is 17.1. The molecule has 8 aromatic carbocycles. The molecule has 0 atom stereocenters. The van der Waals surface area contributed by atoms with Crippen LogP contribution in [0.1, 0.15) is 0 Å². The summed E-state index contributed by atoms with van der Waals surface area (Å²) in [6.07, 6.45) is 0. The zero-order valence-electron chi connectivity index (χ0n) is 27.5. The summed E-state index contributed by atoms with van der Waals surface area (Å²) in [5, 5.41) is 6.14. The lowest BCUT2D eigenvalue weighted by molar-refractivity contribution is 1.29. The molecule has 4 heteroatoms. The van der Waals surface area contributed by atoms with Crippen molar-refractivity contribution >= 4 is 80.9 Å². The molecule has 0 bridgehead atoms. The molecule has 0 radical (unpaired) electrons. The van der Waals surface area contributed by atoms with E-state index in [0.717, 1.165) is 33.1 Å². The summed E-state index contributed by atoms with van der Waals surface area (Å²) in [5.41, 5.74) is 10.4. The van der Waals surface area contributed by atoms with Crippen molar-refractivity contribution in [3.05, 3.63) is 182 Å². The molecule has 0 aliphatic rings. The minimum Gasteiger partial charge on any atom is -0.310 e. The Bertz CT molecular complexity index is 2850. The molecular formula is C47H30N2S2. The first-order valence-corrected chi connectivity index (χ1v) is 18.8. The molecule has 2 nitrogen and oxygen atoms in total. The summed E-state index contributed by atoms with van der Waals surface area (Å²) >= 11 is 3.65. The van der Waals surface area contributed by atoms with E-state index in [0.29, 0.717) is 0 Å². The van der Waals surface area contributed by atoms with E-state index >= 15 is 0 Å². The smallest absolute Gasteiger partial charge is 0.124 e. The molecule has 0 N–H and O–H groups in total. The Morgan fingerprint density at radius 2 is 1.08 bits per heavy atom. The van der Waals surface area contributed by atoms with Gasteiger partial charge in [0.25, 0.3) is 0 Å². The number of anilines is 3. The largest absolute Gasteiger partial charge is 0.310 e. The van der Waals surface area contributed by atoms with Crippen molar-refractivity contribution in [3.8, 4) is 32.8 Å². The van der Waals surface area contributed by atoms with E-state index in [1.807, 2.05) is 11.3 Å². The van der Waals surface area contributed by atoms with E-state index in [1.165, 1.54) is 57.9 Å². The molecule has 0 unspecified atom stereocenters. The molecule has 0 aliphatic heterocycles. The fraction of sp³-hybridized carbons (Fsp3) is 0. The molecule has 0 amide bonds. The maximum atomic E-state index is 5.04. The highest BCUT2D eigenvalue weighted by Gasteiger charge is 2.18. The van der Waals surface area contributed by atoms with Crippen LogP contribution >= 0.6 is 22.7 Å². The van der Waals surface area contributed by atoms with E-state index in [2.05, 4.69) is 187 Å². The summed E-state index contributed by atoms with van der Waals surface area (Å²) in [6.45, 7) is 0. The molecule has 0 saturated heterocycles. The Labute approximate surface area is 304 Å². The van der Waals surface area contributed by atoms with Crippen LogP contribution in [-0.4, -0.2) is 4.98 Å². The molecule has 10 rings (SSSR count). The van der Waals surface area contributed by atoms with Crippen molar-refractivity contribution in [2.24, 2.45) is 0 Å². The van der Waals surface area contributed by atoms with Crippen LogP contribution in [0, 0.1) is 0 Å². The molecular weight excluding hydrogens is 657 g/mol. The minimum absolute atomic E-state index is 1.06. The van der Waals surface area contributed by atoms with Gasteiger partial charge >= 0.3 is 0 Å². The number of thiazole rings is 1. The van der Waals surface area contributed by atoms with Crippen LogP contribution in [-0.2, 0) is 0 Å². The predicted octanol–water partition coefficient (Wildman–Crippen LogP) is 14.3. The van der Waals surface area contributed by atoms with Crippen LogP contribution in [0.4, 0.5) is 17.1 Å². The third-order valence-corrected chi connectivity index (χ3v) is 11.9. The first-order chi connectivity index (χ1) is 25.3. The van der Waals surface area contributed by atoms with Gasteiger partial charge in [-0.3, -0.25) is 0 Å². The van der Waals surface area contributed by atoms with Gasteiger partial charge in [0.1, 0.15) is 5.01 Å². The Hall–Kier alpha value is -6.07. The number of benzene rings is 8. The Balaban J connectivity index is 1.13. The highest BCUT2D eigenvalue weighted by Crippen LogP contribution is 2.45. The molecule has 2 aromatic heterocycles. The number of fused-ring (bicyclic) bond motifs is 6. The fourth-order valence-corrected chi connectivity index (χ4v) is 9.59. The van der Waals surface area contributed by atoms with Gasteiger partial charge in [-0.1, -0.05) is 133 Å². The molecule has 10 aromatic rings. The fourth-order valence-electron chi connectivity index (χ4n) is 7.25. The van der Waals surface area contributed by atoms with Gasteiger partial charge in [-0.15, -0.1) is 22.7 Å². The van der Waals surface area contributed by atoms with Crippen LogP contribution in [0.5, 0.6) is 0 Å². The summed E-state index contributed by atoms with van der Waals surface area (Å²) in [6, 6.07) is 65.6. The second-order valence-corrected chi connectivity index (χ2v) is 14.9. The number of thiophene rings is 1. The molecule has 240 valence electrons. The maximum absolute atomic E-state index is 5.04. The van der Waals surface area contributed by atoms with Crippen molar-refractivity contribution in [1.82, 2.24) is 4.98 Å². The van der Waals surface area contributed by atoms with Crippen molar-refractivity contribution in [2.75, 3.05) is 4.90 Å². The number of nitrogens with zero attached hydrogens (tertiary/aromatic N) is 2. The van der Waals surface area contributed by atoms with E-state index < -0.39 is 0 Å². The normalized spacial score (nSPS) is 11.5. The Morgan fingerprint density at radius 1 is 0.412 bits per heavy atom. The van der Waals surface area contributed by atoms with Crippen molar-refractivity contribution in [1.29, 1.82) is 0 Å². The van der Waals surface area contributed by atoms with Gasteiger partial charge in [-0.05, 0) is 81.6 Å². The summed E-state index contributed by atoms with van der Waals surface area (Å²) in [4.78, 5) is 7.43. The SMILES string of the molecule is c1ccc(-c2ccc(N(c3cccc(-c4cccc5ccccc45)c3)c3ccc4c(c3)sc3ccc5nc(-c6ccccc6)sc5c34)cc2)cc1. The summed E-state index contributed by atoms with van der Waals surface area (Å²) in [7, 11) is 0. The number of aromatic nitrogens is 1. The maximum Gasteiger partial charge on any atom is 0.124 e. The second-order valence-electron chi connectivity index (χ2n) is 12.8. The lowest BCUT2D eigenvalue weighted by Crippen LogP contribution is -2.10. The Morgan fingerprint density at radius 3 is 1.92 bits per heavy atom. The average Bonchev–Trinajstić information content (AvgIpc) is 3.80. The minimum atomic E-state index is 1.06. The summed E-state index contributed by atoms with van der Waals surface area (Å²) in [5.74, 6) is 0. The molecule has 0 spiro atoms. The van der Waals surface area contributed by atoms with Crippen molar-refractivity contribution in [3.63, 3.8) is 0 Å². The van der Waals surface area contributed by atoms with Gasteiger partial charge in [-0.2, -0.15) is 0 Å². The van der Waals surface area contributed by atoms with Crippen LogP contribution in [0.2, 0.25) is 0 Å². The molecule has 0 saturated carbocycles. The van der Waals surface area contributed by atoms with Gasteiger partial charge in [0.2, 0.25) is 0 Å². The van der Waals surface area contributed by atoms with Crippen LogP contribution in [0.15, 0.2) is 182 Å². The van der Waals surface area contributed by atoms with Crippen molar-refractivity contribution in [2.45, 2.75) is 0 Å². The van der Waals surface area contributed by atoms with E-state index in [9.17, 15) is 0 Å². The zero-order chi connectivity index (χ0) is 33.7. The topological polar surface area (TPSA) is 16.1 Å². The molecule has 0 aliphatic carbocycles. The summed E-state index contributed by atoms with van der Waals surface area (Å²) < 4.78 is 3.80. The second kappa shape index (κ2) is 12.4. The first kappa shape index (κ1) is 29.8. The number of rotatable bonds is 6. The van der Waals surface area contributed by atoms with E-state index in [4.69, 9.17) is 4.98 Å². The highest BCUT2D eigenvalue weighted by molar-refractivity contribution is 7.28. The number of hydrogen-bond acceptors (Lipinski definition) is 4. The third-order valence-electron chi connectivity index (χ3n) is 9.69. The van der Waals surface area contributed by atoms with Gasteiger partial charge in [0.15, 0.2) is 0 Å². The van der Waals surface area contributed by atoms with Crippen LogP contribution < -0.4 is 4.90 Å². The Kier molecular flexibility index (Phi) is 7.23. The van der Waals surface area contributed by atoms with Crippen LogP contribution in [0.25, 0.3) is 74.0 Å². The highest BCUT2D eigenvalue weighted by atomic mass is 32.1. The molecule has 0 fully saturated rings. The standard InChI is InChI=1S/C47H30N2S2/c1-3-11-31(12-4-1)32-21-23-36(24-22-32)49(37-18-9-17-35(29-37)40-20-10-16-33-13-7-8-19-39(33)40)38-25-26-41-44(30-38)50-43-28-27-42-46(45(41)43)51-47(48-42)34-14-5-2-6-15-34/h1-30H.